The summed E-state index contributed by atoms with van der Waals surface area (Å²) in [6, 6.07) is 32.8. The summed E-state index contributed by atoms with van der Waals surface area (Å²) < 4.78 is 0. The molecular formula is C46H51N5O4. The number of piperazine rings is 1. The second-order valence-corrected chi connectivity index (χ2v) is 15.5. The minimum absolute atomic E-state index is 0.123. The number of piperidine rings is 2. The van der Waals surface area contributed by atoms with Crippen LogP contribution in [0.1, 0.15) is 78.1 Å². The highest BCUT2D eigenvalue weighted by molar-refractivity contribution is 6.05. The van der Waals surface area contributed by atoms with Gasteiger partial charge in [0.2, 0.25) is 11.8 Å². The molecule has 284 valence electrons. The summed E-state index contributed by atoms with van der Waals surface area (Å²) in [7, 11) is 0. The lowest BCUT2D eigenvalue weighted by Gasteiger charge is -2.38. The van der Waals surface area contributed by atoms with Crippen LogP contribution in [0.15, 0.2) is 97.1 Å². The van der Waals surface area contributed by atoms with Crippen molar-refractivity contribution in [2.24, 2.45) is 5.92 Å². The normalized spacial score (nSPS) is 20.1. The molecule has 3 saturated heterocycles. The third kappa shape index (κ3) is 7.89. The van der Waals surface area contributed by atoms with Gasteiger partial charge in [0.1, 0.15) is 11.8 Å². The Balaban J connectivity index is 0.824. The summed E-state index contributed by atoms with van der Waals surface area (Å²) >= 11 is 0. The molecule has 3 fully saturated rings. The largest absolute Gasteiger partial charge is 0.508 e. The highest BCUT2D eigenvalue weighted by Gasteiger charge is 2.39. The van der Waals surface area contributed by atoms with Gasteiger partial charge in [0, 0.05) is 69.2 Å². The molecule has 0 radical (unpaired) electrons. The number of nitrogens with zero attached hydrogens (tertiary/aromatic N) is 4. The Bertz CT molecular complexity index is 2050. The number of anilines is 2. The van der Waals surface area contributed by atoms with Crippen molar-refractivity contribution in [1.82, 2.24) is 15.1 Å². The average molecular weight is 738 g/mol. The zero-order valence-corrected chi connectivity index (χ0v) is 31.8. The number of allylic oxidation sites excluding steroid dienone is 1. The van der Waals surface area contributed by atoms with Crippen LogP contribution in [-0.2, 0) is 16.1 Å². The topological polar surface area (TPSA) is 96.4 Å². The van der Waals surface area contributed by atoms with Crippen molar-refractivity contribution in [2.45, 2.75) is 58.0 Å². The second kappa shape index (κ2) is 16.1. The first kappa shape index (κ1) is 36.6. The zero-order chi connectivity index (χ0) is 37.9. The predicted octanol–water partition coefficient (Wildman–Crippen LogP) is 6.95. The maximum atomic E-state index is 13.1. The van der Waals surface area contributed by atoms with E-state index in [1.807, 2.05) is 24.3 Å². The van der Waals surface area contributed by atoms with E-state index in [0.29, 0.717) is 18.5 Å². The van der Waals surface area contributed by atoms with Gasteiger partial charge < -0.3 is 19.8 Å². The SMILES string of the molecule is CCC(=C(c1ccc(O)cc1)c1ccc(N2CCC(CCN3CCN(c4ccc5c(c4)CN([C@H]4CCC(=O)NC4=O)C5=O)CC3)CC2)cc1)c1ccccc1. The number of fused-ring (bicyclic) bond motifs is 1. The van der Waals surface area contributed by atoms with Gasteiger partial charge in [-0.2, -0.15) is 0 Å². The highest BCUT2D eigenvalue weighted by atomic mass is 16.3. The van der Waals surface area contributed by atoms with Crippen LogP contribution in [0.4, 0.5) is 11.4 Å². The summed E-state index contributed by atoms with van der Waals surface area (Å²) in [5.41, 5.74) is 10.1. The van der Waals surface area contributed by atoms with Crippen molar-refractivity contribution >= 4 is 40.2 Å². The quantitative estimate of drug-likeness (QED) is 0.134. The van der Waals surface area contributed by atoms with Gasteiger partial charge >= 0.3 is 0 Å². The van der Waals surface area contributed by atoms with E-state index in [0.717, 1.165) is 75.0 Å². The van der Waals surface area contributed by atoms with E-state index in [9.17, 15) is 19.5 Å². The molecule has 55 heavy (non-hydrogen) atoms. The lowest BCUT2D eigenvalue weighted by Crippen LogP contribution is -2.52. The van der Waals surface area contributed by atoms with Gasteiger partial charge in [0.25, 0.3) is 5.91 Å². The molecule has 0 saturated carbocycles. The fourth-order valence-electron chi connectivity index (χ4n) is 8.98. The molecule has 9 nitrogen and oxygen atoms in total. The van der Waals surface area contributed by atoms with Crippen molar-refractivity contribution in [3.8, 4) is 5.75 Å². The average Bonchev–Trinajstić information content (AvgIpc) is 3.55. The number of phenolic OH excluding ortho intramolecular Hbond substituents is 1. The Morgan fingerprint density at radius 2 is 1.38 bits per heavy atom. The molecule has 8 rings (SSSR count). The number of phenols is 1. The molecule has 4 aliphatic rings. The molecule has 0 spiro atoms. The van der Waals surface area contributed by atoms with Gasteiger partial charge in [-0.15, -0.1) is 0 Å². The van der Waals surface area contributed by atoms with Crippen LogP contribution in [0.2, 0.25) is 0 Å². The van der Waals surface area contributed by atoms with Crippen LogP contribution in [0.3, 0.4) is 0 Å². The first-order valence-electron chi connectivity index (χ1n) is 20.0. The Labute approximate surface area is 324 Å². The number of rotatable bonds is 10. The van der Waals surface area contributed by atoms with Crippen molar-refractivity contribution in [1.29, 1.82) is 0 Å². The highest BCUT2D eigenvalue weighted by Crippen LogP contribution is 2.37. The number of hydrogen-bond donors (Lipinski definition) is 2. The fraction of sp³-hybridized carbons (Fsp3) is 0.370. The third-order valence-electron chi connectivity index (χ3n) is 12.2. The van der Waals surface area contributed by atoms with Gasteiger partial charge in [0.05, 0.1) is 0 Å². The number of carbonyl (C=O) groups excluding carboxylic acids is 3. The summed E-state index contributed by atoms with van der Waals surface area (Å²) in [5, 5.41) is 12.4. The Hall–Kier alpha value is -5.41. The van der Waals surface area contributed by atoms with E-state index in [-0.39, 0.29) is 29.9 Å². The molecule has 4 aliphatic heterocycles. The number of hydrogen-bond acceptors (Lipinski definition) is 7. The number of amides is 3. The Kier molecular flexibility index (Phi) is 10.7. The van der Waals surface area contributed by atoms with Crippen molar-refractivity contribution in [2.75, 3.05) is 55.6 Å². The minimum Gasteiger partial charge on any atom is -0.508 e. The molecule has 0 aliphatic carbocycles. The fourth-order valence-corrected chi connectivity index (χ4v) is 8.98. The van der Waals surface area contributed by atoms with Gasteiger partial charge in [-0.3, -0.25) is 24.6 Å². The van der Waals surface area contributed by atoms with E-state index in [2.05, 4.69) is 87.6 Å². The molecule has 4 heterocycles. The van der Waals surface area contributed by atoms with Crippen LogP contribution in [-0.4, -0.2) is 84.5 Å². The van der Waals surface area contributed by atoms with E-state index in [4.69, 9.17) is 0 Å². The third-order valence-corrected chi connectivity index (χ3v) is 12.2. The van der Waals surface area contributed by atoms with Crippen LogP contribution in [0.5, 0.6) is 5.75 Å². The Morgan fingerprint density at radius 1 is 0.727 bits per heavy atom. The Morgan fingerprint density at radius 3 is 2.05 bits per heavy atom. The molecule has 0 unspecified atom stereocenters. The summed E-state index contributed by atoms with van der Waals surface area (Å²) in [6.07, 6.45) is 5.18. The molecule has 2 N–H and O–H groups in total. The van der Waals surface area contributed by atoms with Crippen LogP contribution >= 0.6 is 0 Å². The van der Waals surface area contributed by atoms with Gasteiger partial charge in [-0.05, 0) is 120 Å². The molecule has 1 atom stereocenters. The zero-order valence-electron chi connectivity index (χ0n) is 31.8. The molecule has 4 aromatic rings. The van der Waals surface area contributed by atoms with Crippen molar-refractivity contribution < 1.29 is 19.5 Å². The van der Waals surface area contributed by atoms with Gasteiger partial charge in [-0.1, -0.05) is 61.5 Å². The standard InChI is InChI=1S/C46H51N5O4/c1-2-40(33-6-4-3-5-7-33)44(35-10-15-39(52)16-11-35)34-8-12-37(13-9-34)49-24-21-32(22-25-49)20-23-48-26-28-50(29-27-48)38-14-17-41-36(30-38)31-51(46(41)55)42-18-19-43(53)47-45(42)54/h3-17,30,32,42,52H,2,18-29,31H2,1H3,(H,47,53,54)/t42-/m0/s1. The van der Waals surface area contributed by atoms with Gasteiger partial charge in [-0.25, -0.2) is 0 Å². The number of nitrogens with one attached hydrogen (secondary N) is 1. The lowest BCUT2D eigenvalue weighted by atomic mass is 9.88. The molecule has 0 bridgehead atoms. The maximum Gasteiger partial charge on any atom is 0.255 e. The van der Waals surface area contributed by atoms with Crippen LogP contribution < -0.4 is 15.1 Å². The number of benzene rings is 4. The molecular weight excluding hydrogens is 687 g/mol. The van der Waals surface area contributed by atoms with Crippen LogP contribution in [0, 0.1) is 5.92 Å². The van der Waals surface area contributed by atoms with E-state index >= 15 is 0 Å². The smallest absolute Gasteiger partial charge is 0.255 e. The predicted molar refractivity (Wildman–Crippen MR) is 218 cm³/mol. The van der Waals surface area contributed by atoms with Crippen LogP contribution in [0.25, 0.3) is 11.1 Å². The van der Waals surface area contributed by atoms with Crippen molar-refractivity contribution in [3.05, 3.63) is 125 Å². The van der Waals surface area contributed by atoms with E-state index < -0.39 is 6.04 Å². The minimum atomic E-state index is -0.586. The number of carbonyl (C=O) groups is 3. The molecule has 4 aromatic carbocycles. The van der Waals surface area contributed by atoms with Crippen molar-refractivity contribution in [3.63, 3.8) is 0 Å². The lowest BCUT2D eigenvalue weighted by molar-refractivity contribution is -0.136. The maximum absolute atomic E-state index is 13.1. The summed E-state index contributed by atoms with van der Waals surface area (Å²) in [6.45, 7) is 9.84. The second-order valence-electron chi connectivity index (χ2n) is 15.5. The summed E-state index contributed by atoms with van der Waals surface area (Å²) in [5.74, 6) is 0.248. The first-order chi connectivity index (χ1) is 26.8. The summed E-state index contributed by atoms with van der Waals surface area (Å²) in [4.78, 5) is 46.4. The van der Waals surface area contributed by atoms with E-state index in [1.165, 1.54) is 47.2 Å². The number of imide groups is 1. The molecule has 9 heteroatoms. The number of aromatic hydroxyl groups is 1. The van der Waals surface area contributed by atoms with Gasteiger partial charge in [0.15, 0.2) is 0 Å². The van der Waals surface area contributed by atoms with E-state index in [1.54, 1.807) is 17.0 Å². The monoisotopic (exact) mass is 737 g/mol. The molecule has 3 amide bonds. The molecule has 0 aromatic heterocycles. The first-order valence-corrected chi connectivity index (χ1v) is 20.0.